The summed E-state index contributed by atoms with van der Waals surface area (Å²) in [5.74, 6) is 0.820. The molecule has 25 heavy (non-hydrogen) atoms. The molecule has 0 saturated heterocycles. The van der Waals surface area contributed by atoms with Gasteiger partial charge in [0.25, 0.3) is 0 Å². The summed E-state index contributed by atoms with van der Waals surface area (Å²) in [5.41, 5.74) is 0.594. The zero-order valence-electron chi connectivity index (χ0n) is 15.3. The SMILES string of the molecule is CCN(CC)CCOc1ccc(C(O)(CC)c2cccc(Cl)c2)cc1. The van der Waals surface area contributed by atoms with Crippen molar-refractivity contribution in [3.05, 3.63) is 64.7 Å². The molecule has 1 atom stereocenters. The molecule has 0 aliphatic rings. The summed E-state index contributed by atoms with van der Waals surface area (Å²) < 4.78 is 5.82. The van der Waals surface area contributed by atoms with Crippen molar-refractivity contribution < 1.29 is 9.84 Å². The normalized spacial score (nSPS) is 13.7. The predicted molar refractivity (Wildman–Crippen MR) is 104 cm³/mol. The lowest BCUT2D eigenvalue weighted by Crippen LogP contribution is -2.28. The van der Waals surface area contributed by atoms with Crippen molar-refractivity contribution in [1.82, 2.24) is 4.90 Å². The molecule has 0 saturated carbocycles. The standard InChI is InChI=1S/C21H28ClNO2/c1-4-21(24,18-8-7-9-19(22)16-18)17-10-12-20(13-11-17)25-15-14-23(5-2)6-3/h7-13,16,24H,4-6,14-15H2,1-3H3. The first-order valence-electron chi connectivity index (χ1n) is 8.97. The zero-order valence-corrected chi connectivity index (χ0v) is 16.1. The van der Waals surface area contributed by atoms with E-state index in [-0.39, 0.29) is 0 Å². The Kier molecular flexibility index (Phi) is 7.30. The van der Waals surface area contributed by atoms with Crippen LogP contribution in [-0.4, -0.2) is 36.2 Å². The molecule has 0 aromatic heterocycles. The third kappa shape index (κ3) is 4.97. The number of hydrogen-bond acceptors (Lipinski definition) is 3. The van der Waals surface area contributed by atoms with Crippen LogP contribution in [0.15, 0.2) is 48.5 Å². The summed E-state index contributed by atoms with van der Waals surface area (Å²) in [6.45, 7) is 9.91. The smallest absolute Gasteiger partial charge is 0.119 e. The average Bonchev–Trinajstić information content (AvgIpc) is 2.65. The molecular formula is C21H28ClNO2. The molecule has 0 spiro atoms. The molecule has 0 aliphatic heterocycles. The molecule has 2 aromatic rings. The Morgan fingerprint density at radius 3 is 2.24 bits per heavy atom. The van der Waals surface area contributed by atoms with Crippen molar-refractivity contribution in [3.8, 4) is 5.75 Å². The second kappa shape index (κ2) is 9.23. The van der Waals surface area contributed by atoms with Crippen molar-refractivity contribution >= 4 is 11.6 Å². The van der Waals surface area contributed by atoms with E-state index >= 15 is 0 Å². The highest BCUT2D eigenvalue weighted by atomic mass is 35.5. The highest BCUT2D eigenvalue weighted by Crippen LogP contribution is 2.34. The molecule has 0 radical (unpaired) electrons. The van der Waals surface area contributed by atoms with Crippen molar-refractivity contribution in [2.75, 3.05) is 26.2 Å². The summed E-state index contributed by atoms with van der Waals surface area (Å²) in [4.78, 5) is 2.32. The maximum Gasteiger partial charge on any atom is 0.119 e. The number of nitrogens with zero attached hydrogens (tertiary/aromatic N) is 1. The maximum absolute atomic E-state index is 11.2. The number of hydrogen-bond donors (Lipinski definition) is 1. The average molecular weight is 362 g/mol. The highest BCUT2D eigenvalue weighted by molar-refractivity contribution is 6.30. The lowest BCUT2D eigenvalue weighted by atomic mass is 9.84. The number of halogens is 1. The number of aliphatic hydroxyl groups is 1. The Balaban J connectivity index is 2.09. The number of likely N-dealkylation sites (N-methyl/N-ethyl adjacent to an activating group) is 1. The van der Waals surface area contributed by atoms with E-state index in [2.05, 4.69) is 18.7 Å². The summed E-state index contributed by atoms with van der Waals surface area (Å²) in [6, 6.07) is 15.1. The largest absolute Gasteiger partial charge is 0.492 e. The monoisotopic (exact) mass is 361 g/mol. The summed E-state index contributed by atoms with van der Waals surface area (Å²) in [5, 5.41) is 11.8. The Hall–Kier alpha value is -1.55. The van der Waals surface area contributed by atoms with Gasteiger partial charge in [-0.25, -0.2) is 0 Å². The molecule has 0 fully saturated rings. The summed E-state index contributed by atoms with van der Waals surface area (Å²) >= 11 is 6.09. The number of ether oxygens (including phenoxy) is 1. The third-order valence-electron chi connectivity index (χ3n) is 4.72. The Morgan fingerprint density at radius 1 is 1.00 bits per heavy atom. The maximum atomic E-state index is 11.2. The van der Waals surface area contributed by atoms with Gasteiger partial charge in [-0.2, -0.15) is 0 Å². The second-order valence-corrected chi connectivity index (χ2v) is 6.56. The van der Waals surface area contributed by atoms with Crippen LogP contribution in [0.25, 0.3) is 0 Å². The molecule has 0 heterocycles. The molecule has 0 bridgehead atoms. The van der Waals surface area contributed by atoms with Gasteiger partial charge in [-0.05, 0) is 54.9 Å². The molecule has 2 rings (SSSR count). The molecule has 4 heteroatoms. The van der Waals surface area contributed by atoms with Gasteiger partial charge in [-0.3, -0.25) is 0 Å². The van der Waals surface area contributed by atoms with E-state index in [1.807, 2.05) is 55.5 Å². The minimum atomic E-state index is -1.05. The fourth-order valence-electron chi connectivity index (χ4n) is 2.98. The Morgan fingerprint density at radius 2 is 1.68 bits per heavy atom. The van der Waals surface area contributed by atoms with Crippen LogP contribution in [0.3, 0.4) is 0 Å². The van der Waals surface area contributed by atoms with Crippen molar-refractivity contribution in [2.24, 2.45) is 0 Å². The number of benzene rings is 2. The lowest BCUT2D eigenvalue weighted by molar-refractivity contribution is 0.0764. The first kappa shape index (κ1) is 19.8. The number of rotatable bonds is 9. The summed E-state index contributed by atoms with van der Waals surface area (Å²) in [6.07, 6.45) is 0.565. The van der Waals surface area contributed by atoms with E-state index in [1.54, 1.807) is 0 Å². The first-order chi connectivity index (χ1) is 12.0. The van der Waals surface area contributed by atoms with Gasteiger partial charge >= 0.3 is 0 Å². The zero-order chi connectivity index (χ0) is 18.3. The van der Waals surface area contributed by atoms with E-state index in [4.69, 9.17) is 16.3 Å². The van der Waals surface area contributed by atoms with Gasteiger partial charge in [-0.1, -0.05) is 56.6 Å². The molecule has 0 aliphatic carbocycles. The van der Waals surface area contributed by atoms with E-state index in [9.17, 15) is 5.11 Å². The van der Waals surface area contributed by atoms with Gasteiger partial charge in [0.2, 0.25) is 0 Å². The van der Waals surface area contributed by atoms with Gasteiger partial charge < -0.3 is 14.7 Å². The van der Waals surface area contributed by atoms with E-state index in [0.29, 0.717) is 18.1 Å². The Labute approximate surface area is 156 Å². The van der Waals surface area contributed by atoms with Crippen LogP contribution in [0.2, 0.25) is 5.02 Å². The van der Waals surface area contributed by atoms with E-state index in [1.165, 1.54) is 0 Å². The van der Waals surface area contributed by atoms with Crippen LogP contribution in [-0.2, 0) is 5.60 Å². The molecule has 1 unspecified atom stereocenters. The minimum absolute atomic E-state index is 0.565. The van der Waals surface area contributed by atoms with E-state index in [0.717, 1.165) is 36.5 Å². The third-order valence-corrected chi connectivity index (χ3v) is 4.95. The minimum Gasteiger partial charge on any atom is -0.492 e. The second-order valence-electron chi connectivity index (χ2n) is 6.12. The summed E-state index contributed by atoms with van der Waals surface area (Å²) in [7, 11) is 0. The van der Waals surface area contributed by atoms with Crippen LogP contribution in [0.1, 0.15) is 38.3 Å². The highest BCUT2D eigenvalue weighted by Gasteiger charge is 2.29. The van der Waals surface area contributed by atoms with Crippen LogP contribution in [0, 0.1) is 0 Å². The lowest BCUT2D eigenvalue weighted by Gasteiger charge is -2.28. The van der Waals surface area contributed by atoms with Gasteiger partial charge in [0.05, 0.1) is 0 Å². The van der Waals surface area contributed by atoms with Gasteiger partial charge in [0.15, 0.2) is 0 Å². The van der Waals surface area contributed by atoms with Gasteiger partial charge in [0.1, 0.15) is 18.0 Å². The molecule has 2 aromatic carbocycles. The molecule has 1 N–H and O–H groups in total. The molecule has 3 nitrogen and oxygen atoms in total. The molecule has 136 valence electrons. The van der Waals surface area contributed by atoms with Crippen LogP contribution in [0.4, 0.5) is 0 Å². The van der Waals surface area contributed by atoms with Crippen molar-refractivity contribution in [3.63, 3.8) is 0 Å². The molecule has 0 amide bonds. The van der Waals surface area contributed by atoms with Crippen LogP contribution >= 0.6 is 11.6 Å². The molecular weight excluding hydrogens is 334 g/mol. The first-order valence-corrected chi connectivity index (χ1v) is 9.35. The fraction of sp³-hybridized carbons (Fsp3) is 0.429. The van der Waals surface area contributed by atoms with Gasteiger partial charge in [-0.15, -0.1) is 0 Å². The van der Waals surface area contributed by atoms with Crippen molar-refractivity contribution in [1.29, 1.82) is 0 Å². The van der Waals surface area contributed by atoms with E-state index < -0.39 is 5.60 Å². The Bertz CT molecular complexity index is 655. The fourth-order valence-corrected chi connectivity index (χ4v) is 3.17. The van der Waals surface area contributed by atoms with Gasteiger partial charge in [0, 0.05) is 11.6 Å². The van der Waals surface area contributed by atoms with Crippen LogP contribution in [0.5, 0.6) is 5.75 Å². The van der Waals surface area contributed by atoms with Crippen LogP contribution < -0.4 is 4.74 Å². The van der Waals surface area contributed by atoms with Crippen molar-refractivity contribution in [2.45, 2.75) is 32.8 Å². The topological polar surface area (TPSA) is 32.7 Å². The predicted octanol–water partition coefficient (Wildman–Crippen LogP) is 4.71. The quantitative estimate of drug-likeness (QED) is 0.702.